The average Bonchev–Trinajstić information content (AvgIpc) is 2.83. The van der Waals surface area contributed by atoms with Crippen LogP contribution in [-0.2, 0) is 4.79 Å². The SMILES string of the molecule is O=C(O)CCN1C[C@@H](O)[C@H](n2ccnc2)C1. The number of hydrogen-bond acceptors (Lipinski definition) is 4. The van der Waals surface area contributed by atoms with E-state index in [0.717, 1.165) is 0 Å². The Bertz CT molecular complexity index is 352. The number of aliphatic carboxylic acids is 1. The van der Waals surface area contributed by atoms with Gasteiger partial charge in [0.1, 0.15) is 0 Å². The molecule has 16 heavy (non-hydrogen) atoms. The van der Waals surface area contributed by atoms with Gasteiger partial charge in [-0.3, -0.25) is 9.69 Å². The number of likely N-dealkylation sites (tertiary alicyclic amines) is 1. The summed E-state index contributed by atoms with van der Waals surface area (Å²) in [6, 6.07) is -0.0173. The van der Waals surface area contributed by atoms with Crippen LogP contribution in [0.5, 0.6) is 0 Å². The van der Waals surface area contributed by atoms with Gasteiger partial charge in [-0.25, -0.2) is 4.98 Å². The summed E-state index contributed by atoms with van der Waals surface area (Å²) in [5.74, 6) is -0.805. The number of rotatable bonds is 4. The molecule has 0 spiro atoms. The van der Waals surface area contributed by atoms with Gasteiger partial charge in [-0.15, -0.1) is 0 Å². The summed E-state index contributed by atoms with van der Waals surface area (Å²) in [7, 11) is 0. The number of carboxylic acids is 1. The maximum Gasteiger partial charge on any atom is 0.304 e. The van der Waals surface area contributed by atoms with Crippen LogP contribution in [0.1, 0.15) is 12.5 Å². The molecule has 6 heteroatoms. The van der Waals surface area contributed by atoms with Crippen LogP contribution in [0.25, 0.3) is 0 Å². The molecule has 0 saturated carbocycles. The van der Waals surface area contributed by atoms with Gasteiger partial charge >= 0.3 is 5.97 Å². The first-order valence-corrected chi connectivity index (χ1v) is 5.26. The normalized spacial score (nSPS) is 26.1. The van der Waals surface area contributed by atoms with Gasteiger partial charge in [0.2, 0.25) is 0 Å². The zero-order valence-electron chi connectivity index (χ0n) is 8.86. The van der Waals surface area contributed by atoms with Gasteiger partial charge in [-0.1, -0.05) is 0 Å². The van der Waals surface area contributed by atoms with Crippen LogP contribution in [0.15, 0.2) is 18.7 Å². The predicted molar refractivity (Wildman–Crippen MR) is 56.0 cm³/mol. The highest BCUT2D eigenvalue weighted by molar-refractivity contribution is 5.66. The molecule has 1 fully saturated rings. The minimum absolute atomic E-state index is 0.0173. The van der Waals surface area contributed by atoms with Gasteiger partial charge in [-0.2, -0.15) is 0 Å². The molecule has 2 atom stereocenters. The Balaban J connectivity index is 1.92. The highest BCUT2D eigenvalue weighted by Gasteiger charge is 2.32. The minimum Gasteiger partial charge on any atom is -0.481 e. The van der Waals surface area contributed by atoms with Crippen LogP contribution >= 0.6 is 0 Å². The molecule has 1 saturated heterocycles. The number of carboxylic acid groups (broad SMARTS) is 1. The van der Waals surface area contributed by atoms with Crippen molar-refractivity contribution < 1.29 is 15.0 Å². The van der Waals surface area contributed by atoms with Crippen molar-refractivity contribution in [2.75, 3.05) is 19.6 Å². The van der Waals surface area contributed by atoms with Crippen LogP contribution < -0.4 is 0 Å². The number of carbonyl (C=O) groups is 1. The fourth-order valence-corrected chi connectivity index (χ4v) is 2.04. The van der Waals surface area contributed by atoms with Crippen molar-refractivity contribution in [3.8, 4) is 0 Å². The third-order valence-corrected chi connectivity index (χ3v) is 2.88. The monoisotopic (exact) mass is 225 g/mol. The van der Waals surface area contributed by atoms with Crippen LogP contribution in [0.3, 0.4) is 0 Å². The first-order valence-electron chi connectivity index (χ1n) is 5.26. The summed E-state index contributed by atoms with van der Waals surface area (Å²) in [5.41, 5.74) is 0. The fourth-order valence-electron chi connectivity index (χ4n) is 2.04. The Labute approximate surface area is 93.1 Å². The van der Waals surface area contributed by atoms with E-state index in [1.165, 1.54) is 0 Å². The van der Waals surface area contributed by atoms with E-state index in [1.807, 2.05) is 15.7 Å². The van der Waals surface area contributed by atoms with Crippen molar-refractivity contribution in [2.45, 2.75) is 18.6 Å². The molecule has 1 aliphatic rings. The summed E-state index contributed by atoms with van der Waals surface area (Å²) in [6.45, 7) is 1.68. The fraction of sp³-hybridized carbons (Fsp3) is 0.600. The molecule has 88 valence electrons. The quantitative estimate of drug-likeness (QED) is 0.727. The summed E-state index contributed by atoms with van der Waals surface area (Å²) >= 11 is 0. The molecule has 0 aromatic carbocycles. The van der Waals surface area contributed by atoms with Crippen LogP contribution in [0.4, 0.5) is 0 Å². The van der Waals surface area contributed by atoms with E-state index in [4.69, 9.17) is 5.11 Å². The molecular formula is C10H15N3O3. The molecule has 1 aliphatic heterocycles. The maximum atomic E-state index is 10.4. The van der Waals surface area contributed by atoms with Crippen LogP contribution in [0.2, 0.25) is 0 Å². The molecule has 6 nitrogen and oxygen atoms in total. The standard InChI is InChI=1S/C10H15N3O3/c14-9-6-12(3-1-10(15)16)5-8(9)13-4-2-11-7-13/h2,4,7-9,14H,1,3,5-6H2,(H,15,16)/t8-,9-/m1/s1. The van der Waals surface area contributed by atoms with Crippen molar-refractivity contribution in [1.82, 2.24) is 14.5 Å². The predicted octanol–water partition coefficient (Wildman–Crippen LogP) is -0.425. The lowest BCUT2D eigenvalue weighted by Gasteiger charge is -2.15. The van der Waals surface area contributed by atoms with E-state index < -0.39 is 12.1 Å². The van der Waals surface area contributed by atoms with Gasteiger partial charge in [0.25, 0.3) is 0 Å². The molecule has 2 heterocycles. The summed E-state index contributed by atoms with van der Waals surface area (Å²) in [5, 5.41) is 18.4. The number of aliphatic hydroxyl groups excluding tert-OH is 1. The van der Waals surface area contributed by atoms with E-state index in [9.17, 15) is 9.90 Å². The Morgan fingerprint density at radius 2 is 2.31 bits per heavy atom. The molecular weight excluding hydrogens is 210 g/mol. The zero-order valence-corrected chi connectivity index (χ0v) is 8.86. The second-order valence-electron chi connectivity index (χ2n) is 4.05. The number of aliphatic hydroxyl groups is 1. The van der Waals surface area contributed by atoms with E-state index in [1.54, 1.807) is 12.5 Å². The molecule has 2 rings (SSSR count). The first-order chi connectivity index (χ1) is 7.66. The largest absolute Gasteiger partial charge is 0.481 e. The molecule has 1 aromatic heterocycles. The molecule has 0 unspecified atom stereocenters. The number of imidazole rings is 1. The van der Waals surface area contributed by atoms with Gasteiger partial charge < -0.3 is 14.8 Å². The third kappa shape index (κ3) is 2.40. The Hall–Kier alpha value is -1.40. The summed E-state index contributed by atoms with van der Waals surface area (Å²) < 4.78 is 1.87. The second-order valence-corrected chi connectivity index (χ2v) is 4.05. The van der Waals surface area contributed by atoms with Crippen molar-refractivity contribution in [3.63, 3.8) is 0 Å². The molecule has 0 amide bonds. The molecule has 0 radical (unpaired) electrons. The van der Waals surface area contributed by atoms with Crippen molar-refractivity contribution in [1.29, 1.82) is 0 Å². The van der Waals surface area contributed by atoms with Gasteiger partial charge in [-0.05, 0) is 0 Å². The van der Waals surface area contributed by atoms with E-state index >= 15 is 0 Å². The van der Waals surface area contributed by atoms with E-state index in [-0.39, 0.29) is 12.5 Å². The molecule has 1 aromatic rings. The second kappa shape index (κ2) is 4.63. The molecule has 2 N–H and O–H groups in total. The Morgan fingerprint density at radius 3 is 2.94 bits per heavy atom. The highest BCUT2D eigenvalue weighted by atomic mass is 16.4. The minimum atomic E-state index is -0.805. The van der Waals surface area contributed by atoms with E-state index in [0.29, 0.717) is 19.6 Å². The van der Waals surface area contributed by atoms with Crippen LogP contribution in [-0.4, -0.2) is 56.4 Å². The van der Waals surface area contributed by atoms with Crippen molar-refractivity contribution in [2.24, 2.45) is 0 Å². The van der Waals surface area contributed by atoms with E-state index in [2.05, 4.69) is 4.98 Å². The Morgan fingerprint density at radius 1 is 1.50 bits per heavy atom. The number of nitrogens with zero attached hydrogens (tertiary/aromatic N) is 3. The smallest absolute Gasteiger partial charge is 0.304 e. The molecule has 0 bridgehead atoms. The van der Waals surface area contributed by atoms with Gasteiger partial charge in [0.15, 0.2) is 0 Å². The van der Waals surface area contributed by atoms with Crippen molar-refractivity contribution >= 4 is 5.97 Å². The lowest BCUT2D eigenvalue weighted by Crippen LogP contribution is -2.24. The van der Waals surface area contributed by atoms with Crippen LogP contribution in [0, 0.1) is 0 Å². The lowest BCUT2D eigenvalue weighted by molar-refractivity contribution is -0.137. The van der Waals surface area contributed by atoms with Gasteiger partial charge in [0, 0.05) is 32.0 Å². The summed E-state index contributed by atoms with van der Waals surface area (Å²) in [4.78, 5) is 16.3. The number of β-amino-alcohol motifs (C(OH)–C–C–N with tert-alkyl or cyclic N) is 1. The summed E-state index contributed by atoms with van der Waals surface area (Å²) in [6.07, 6.45) is 4.82. The number of aromatic nitrogens is 2. The molecule has 0 aliphatic carbocycles. The maximum absolute atomic E-state index is 10.4. The zero-order chi connectivity index (χ0) is 11.5. The first kappa shape index (κ1) is 11.1. The third-order valence-electron chi connectivity index (χ3n) is 2.88. The number of hydrogen-bond donors (Lipinski definition) is 2. The average molecular weight is 225 g/mol. The van der Waals surface area contributed by atoms with Crippen molar-refractivity contribution in [3.05, 3.63) is 18.7 Å². The highest BCUT2D eigenvalue weighted by Crippen LogP contribution is 2.21. The topological polar surface area (TPSA) is 78.6 Å². The Kier molecular flexibility index (Phi) is 3.21. The lowest BCUT2D eigenvalue weighted by atomic mass is 10.2. The van der Waals surface area contributed by atoms with Gasteiger partial charge in [0.05, 0.1) is 24.9 Å².